The molecule has 126 valence electrons. The van der Waals surface area contributed by atoms with Crippen LogP contribution in [0.25, 0.3) is 0 Å². The normalized spacial score (nSPS) is 18.2. The van der Waals surface area contributed by atoms with Crippen LogP contribution in [-0.4, -0.2) is 10.7 Å². The van der Waals surface area contributed by atoms with Crippen LogP contribution in [0.3, 0.4) is 0 Å². The number of ether oxygens (including phenoxy) is 1. The molecular formula is C18H18F2N2OS. The minimum absolute atomic E-state index is 0.0616. The zero-order valence-corrected chi connectivity index (χ0v) is 14.2. The Morgan fingerprint density at radius 1 is 1.21 bits per heavy atom. The second-order valence-corrected chi connectivity index (χ2v) is 6.79. The molecule has 0 spiro atoms. The number of benzene rings is 2. The quantitative estimate of drug-likeness (QED) is 0.780. The fraction of sp³-hybridized carbons (Fsp3) is 0.278. The maximum atomic E-state index is 13.7. The molecule has 24 heavy (non-hydrogen) atoms. The molecule has 3 rings (SSSR count). The fourth-order valence-corrected chi connectivity index (χ4v) is 3.09. The molecule has 0 bridgehead atoms. The van der Waals surface area contributed by atoms with Gasteiger partial charge in [0.1, 0.15) is 23.0 Å². The number of fused-ring (bicyclic) bond motifs is 1. The summed E-state index contributed by atoms with van der Waals surface area (Å²) < 4.78 is 32.7. The van der Waals surface area contributed by atoms with Gasteiger partial charge in [-0.1, -0.05) is 18.2 Å². The summed E-state index contributed by atoms with van der Waals surface area (Å²) in [6.45, 7) is 4.02. The largest absolute Gasteiger partial charge is 0.487 e. The molecule has 2 aromatic rings. The van der Waals surface area contributed by atoms with Crippen molar-refractivity contribution in [2.45, 2.75) is 31.9 Å². The Labute approximate surface area is 145 Å². The number of rotatable bonds is 2. The van der Waals surface area contributed by atoms with Crippen molar-refractivity contribution in [3.05, 3.63) is 59.7 Å². The van der Waals surface area contributed by atoms with Gasteiger partial charge in [0.2, 0.25) is 0 Å². The van der Waals surface area contributed by atoms with Gasteiger partial charge in [0, 0.05) is 18.1 Å². The molecule has 6 heteroatoms. The van der Waals surface area contributed by atoms with Crippen LogP contribution in [0.4, 0.5) is 14.5 Å². The van der Waals surface area contributed by atoms with E-state index >= 15 is 0 Å². The van der Waals surface area contributed by atoms with Crippen LogP contribution in [0.15, 0.2) is 42.5 Å². The third-order valence-electron chi connectivity index (χ3n) is 3.86. The first kappa shape index (κ1) is 16.6. The van der Waals surface area contributed by atoms with Crippen LogP contribution in [-0.2, 0) is 0 Å². The molecule has 0 saturated heterocycles. The fourth-order valence-electron chi connectivity index (χ4n) is 2.84. The van der Waals surface area contributed by atoms with Gasteiger partial charge in [0.15, 0.2) is 5.11 Å². The number of thiocarbonyl (C=S) groups is 1. The van der Waals surface area contributed by atoms with Crippen molar-refractivity contribution in [1.82, 2.24) is 5.32 Å². The Hall–Kier alpha value is -2.21. The maximum Gasteiger partial charge on any atom is 0.171 e. The molecule has 1 aliphatic heterocycles. The average Bonchev–Trinajstić information content (AvgIpc) is 2.49. The van der Waals surface area contributed by atoms with Crippen LogP contribution >= 0.6 is 12.2 Å². The lowest BCUT2D eigenvalue weighted by molar-refractivity contribution is 0.0697. The summed E-state index contributed by atoms with van der Waals surface area (Å²) in [5.41, 5.74) is 0.789. The highest BCUT2D eigenvalue weighted by atomic mass is 32.1. The molecule has 3 nitrogen and oxygen atoms in total. The molecule has 2 aromatic carbocycles. The first-order chi connectivity index (χ1) is 11.3. The van der Waals surface area contributed by atoms with Gasteiger partial charge in [-0.2, -0.15) is 0 Å². The molecule has 2 N–H and O–H groups in total. The Balaban J connectivity index is 1.76. The van der Waals surface area contributed by atoms with Gasteiger partial charge in [0.05, 0.1) is 11.7 Å². The Morgan fingerprint density at radius 3 is 2.71 bits per heavy atom. The second-order valence-electron chi connectivity index (χ2n) is 6.38. The molecule has 0 aliphatic carbocycles. The Kier molecular flexibility index (Phi) is 4.41. The van der Waals surface area contributed by atoms with E-state index in [0.29, 0.717) is 6.42 Å². The summed E-state index contributed by atoms with van der Waals surface area (Å²) in [5, 5.41) is 6.26. The third kappa shape index (κ3) is 3.64. The van der Waals surface area contributed by atoms with Crippen molar-refractivity contribution in [3.63, 3.8) is 0 Å². The number of para-hydroxylation sites is 1. The van der Waals surface area contributed by atoms with Crippen molar-refractivity contribution in [1.29, 1.82) is 0 Å². The van der Waals surface area contributed by atoms with Crippen molar-refractivity contribution < 1.29 is 13.5 Å². The first-order valence-corrected chi connectivity index (χ1v) is 8.05. The van der Waals surface area contributed by atoms with Crippen LogP contribution in [0.2, 0.25) is 0 Å². The van der Waals surface area contributed by atoms with Gasteiger partial charge in [-0.15, -0.1) is 0 Å². The summed E-state index contributed by atoms with van der Waals surface area (Å²) in [4.78, 5) is 0. The zero-order valence-electron chi connectivity index (χ0n) is 13.4. The molecule has 0 aromatic heterocycles. The number of halogens is 2. The number of anilines is 1. The van der Waals surface area contributed by atoms with Crippen LogP contribution in [0.1, 0.15) is 31.9 Å². The van der Waals surface area contributed by atoms with E-state index in [1.807, 2.05) is 38.1 Å². The lowest BCUT2D eigenvalue weighted by Gasteiger charge is -2.38. The molecule has 0 amide bonds. The monoisotopic (exact) mass is 348 g/mol. The predicted molar refractivity (Wildman–Crippen MR) is 94.2 cm³/mol. The summed E-state index contributed by atoms with van der Waals surface area (Å²) in [7, 11) is 0. The zero-order chi connectivity index (χ0) is 17.3. The number of hydrogen-bond acceptors (Lipinski definition) is 2. The summed E-state index contributed by atoms with van der Waals surface area (Å²) >= 11 is 5.29. The van der Waals surface area contributed by atoms with Crippen molar-refractivity contribution in [3.8, 4) is 5.75 Å². The van der Waals surface area contributed by atoms with E-state index in [2.05, 4.69) is 10.6 Å². The van der Waals surface area contributed by atoms with Gasteiger partial charge >= 0.3 is 0 Å². The topological polar surface area (TPSA) is 33.3 Å². The van der Waals surface area contributed by atoms with E-state index in [9.17, 15) is 8.78 Å². The molecule has 0 fully saturated rings. The maximum absolute atomic E-state index is 13.7. The van der Waals surface area contributed by atoms with E-state index in [-0.39, 0.29) is 22.4 Å². The summed E-state index contributed by atoms with van der Waals surface area (Å²) in [6.07, 6.45) is 0.706. The van der Waals surface area contributed by atoms with E-state index in [1.54, 1.807) is 0 Å². The summed E-state index contributed by atoms with van der Waals surface area (Å²) in [5.74, 6) is -0.508. The molecule has 1 atom stereocenters. The SMILES string of the molecule is CC1(C)CC(NC(=S)Nc2ccc(F)cc2F)c2ccccc2O1. The van der Waals surface area contributed by atoms with Crippen molar-refractivity contribution in [2.24, 2.45) is 0 Å². The van der Waals surface area contributed by atoms with E-state index in [1.165, 1.54) is 12.1 Å². The Bertz CT molecular complexity index is 779. The lowest BCUT2D eigenvalue weighted by Crippen LogP contribution is -2.42. The third-order valence-corrected chi connectivity index (χ3v) is 4.08. The minimum atomic E-state index is -0.688. The second kappa shape index (κ2) is 6.36. The predicted octanol–water partition coefficient (Wildman–Crippen LogP) is 4.55. The van der Waals surface area contributed by atoms with Gasteiger partial charge in [-0.25, -0.2) is 8.78 Å². The van der Waals surface area contributed by atoms with Crippen LogP contribution in [0.5, 0.6) is 5.75 Å². The Morgan fingerprint density at radius 2 is 1.96 bits per heavy atom. The molecule has 0 radical (unpaired) electrons. The highest BCUT2D eigenvalue weighted by Crippen LogP contribution is 2.39. The minimum Gasteiger partial charge on any atom is -0.487 e. The van der Waals surface area contributed by atoms with Gasteiger partial charge in [-0.05, 0) is 44.3 Å². The number of hydrogen-bond donors (Lipinski definition) is 2. The smallest absolute Gasteiger partial charge is 0.171 e. The lowest BCUT2D eigenvalue weighted by atomic mass is 9.90. The van der Waals surface area contributed by atoms with Gasteiger partial charge < -0.3 is 15.4 Å². The van der Waals surface area contributed by atoms with Crippen molar-refractivity contribution >= 4 is 23.0 Å². The van der Waals surface area contributed by atoms with Gasteiger partial charge in [-0.3, -0.25) is 0 Å². The highest BCUT2D eigenvalue weighted by Gasteiger charge is 2.33. The average molecular weight is 348 g/mol. The molecule has 0 saturated carbocycles. The van der Waals surface area contributed by atoms with Crippen LogP contribution in [0, 0.1) is 11.6 Å². The van der Waals surface area contributed by atoms with E-state index in [4.69, 9.17) is 17.0 Å². The van der Waals surface area contributed by atoms with E-state index in [0.717, 1.165) is 17.4 Å². The molecule has 1 aliphatic rings. The van der Waals surface area contributed by atoms with E-state index < -0.39 is 11.6 Å². The first-order valence-electron chi connectivity index (χ1n) is 7.64. The van der Waals surface area contributed by atoms with Crippen LogP contribution < -0.4 is 15.4 Å². The molecule has 1 heterocycles. The van der Waals surface area contributed by atoms with Gasteiger partial charge in [0.25, 0.3) is 0 Å². The van der Waals surface area contributed by atoms with Crippen molar-refractivity contribution in [2.75, 3.05) is 5.32 Å². The summed E-state index contributed by atoms with van der Waals surface area (Å²) in [6, 6.07) is 11.0. The standard InChI is InChI=1S/C18H18F2N2OS/c1-18(2)10-15(12-5-3-4-6-16(12)23-18)22-17(24)21-14-8-7-11(19)9-13(14)20/h3-9,15H,10H2,1-2H3,(H2,21,22,24). The molecular weight excluding hydrogens is 330 g/mol. The number of nitrogens with one attached hydrogen (secondary N) is 2. The molecule has 1 unspecified atom stereocenters. The highest BCUT2D eigenvalue weighted by molar-refractivity contribution is 7.80.